The standard InChI is InChI=1S/C9H18OTe/c1-5-6-7-10-8(11)9(2,3)4/h5-7H2,1-4H3. The first-order valence-electron chi connectivity index (χ1n) is 4.15. The van der Waals surface area contributed by atoms with E-state index in [1.807, 2.05) is 21.8 Å². The van der Waals surface area contributed by atoms with Crippen molar-refractivity contribution < 1.29 is 4.74 Å². The first-order valence-corrected chi connectivity index (χ1v) is 5.32. The number of rotatable bonds is 4. The van der Waals surface area contributed by atoms with E-state index in [2.05, 4.69) is 27.7 Å². The number of hydrogen-bond donors (Lipinski definition) is 0. The van der Waals surface area contributed by atoms with Gasteiger partial charge in [0.05, 0.1) is 0 Å². The summed E-state index contributed by atoms with van der Waals surface area (Å²) < 4.78 is 6.72. The summed E-state index contributed by atoms with van der Waals surface area (Å²) in [5.41, 5.74) is 0.207. The summed E-state index contributed by atoms with van der Waals surface area (Å²) in [5.74, 6) is 0. The SMILES string of the molecule is CCCCOC(=[Te])C(C)(C)C. The van der Waals surface area contributed by atoms with E-state index in [9.17, 15) is 0 Å². The molecule has 0 aliphatic heterocycles. The van der Waals surface area contributed by atoms with Crippen LogP contribution < -0.4 is 0 Å². The minimum atomic E-state index is 0.207. The Morgan fingerprint density at radius 3 is 2.27 bits per heavy atom. The number of hydrogen-bond acceptors (Lipinski definition) is 1. The van der Waals surface area contributed by atoms with Gasteiger partial charge in [-0.15, -0.1) is 0 Å². The third-order valence-corrected chi connectivity index (χ3v) is 3.43. The zero-order valence-electron chi connectivity index (χ0n) is 7.94. The fourth-order valence-corrected chi connectivity index (χ4v) is 0.764. The van der Waals surface area contributed by atoms with Gasteiger partial charge < -0.3 is 0 Å². The van der Waals surface area contributed by atoms with Gasteiger partial charge in [-0.3, -0.25) is 0 Å². The minimum absolute atomic E-state index is 0.207. The molecule has 0 aliphatic rings. The van der Waals surface area contributed by atoms with Crippen molar-refractivity contribution >= 4 is 25.6 Å². The summed E-state index contributed by atoms with van der Waals surface area (Å²) in [5, 5.41) is 0. The van der Waals surface area contributed by atoms with Crippen molar-refractivity contribution in [3.63, 3.8) is 0 Å². The topological polar surface area (TPSA) is 9.23 Å². The van der Waals surface area contributed by atoms with Gasteiger partial charge >= 0.3 is 82.9 Å². The third kappa shape index (κ3) is 5.70. The molecule has 0 saturated heterocycles. The maximum atomic E-state index is 5.57. The molecule has 0 radical (unpaired) electrons. The Balaban J connectivity index is 3.54. The van der Waals surface area contributed by atoms with Crippen LogP contribution in [-0.4, -0.2) is 32.2 Å². The van der Waals surface area contributed by atoms with Gasteiger partial charge in [-0.1, -0.05) is 0 Å². The van der Waals surface area contributed by atoms with Crippen molar-refractivity contribution in [1.82, 2.24) is 0 Å². The second-order valence-electron chi connectivity index (χ2n) is 3.74. The molecule has 0 rings (SSSR count). The van der Waals surface area contributed by atoms with Crippen LogP contribution in [0, 0.1) is 5.41 Å². The van der Waals surface area contributed by atoms with Crippen LogP contribution in [0.1, 0.15) is 40.5 Å². The van der Waals surface area contributed by atoms with Gasteiger partial charge in [-0.2, -0.15) is 0 Å². The zero-order valence-corrected chi connectivity index (χ0v) is 10.3. The van der Waals surface area contributed by atoms with E-state index in [0.29, 0.717) is 0 Å². The van der Waals surface area contributed by atoms with Crippen LogP contribution in [0.5, 0.6) is 0 Å². The van der Waals surface area contributed by atoms with Crippen LogP contribution in [0.2, 0.25) is 0 Å². The molecule has 0 aromatic carbocycles. The third-order valence-electron chi connectivity index (χ3n) is 1.34. The molecule has 0 saturated carbocycles. The second kappa shape index (κ2) is 5.17. The average molecular weight is 270 g/mol. The average Bonchev–Trinajstić information content (AvgIpc) is 1.86. The van der Waals surface area contributed by atoms with E-state index in [4.69, 9.17) is 4.74 Å². The van der Waals surface area contributed by atoms with E-state index in [1.54, 1.807) is 0 Å². The summed E-state index contributed by atoms with van der Waals surface area (Å²) >= 11 is 1.99. The first-order chi connectivity index (χ1) is 4.98. The molecule has 11 heavy (non-hydrogen) atoms. The van der Waals surface area contributed by atoms with Crippen molar-refractivity contribution in [2.75, 3.05) is 6.61 Å². The van der Waals surface area contributed by atoms with Gasteiger partial charge in [0.1, 0.15) is 0 Å². The Bertz CT molecular complexity index is 124. The molecule has 0 aliphatic carbocycles. The van der Waals surface area contributed by atoms with Crippen LogP contribution in [-0.2, 0) is 4.74 Å². The molecule has 0 fully saturated rings. The van der Waals surface area contributed by atoms with E-state index in [1.165, 1.54) is 6.42 Å². The van der Waals surface area contributed by atoms with Gasteiger partial charge in [0, 0.05) is 0 Å². The molecular formula is C9H18OTe. The van der Waals surface area contributed by atoms with E-state index >= 15 is 0 Å². The van der Waals surface area contributed by atoms with Gasteiger partial charge in [0.2, 0.25) is 0 Å². The van der Waals surface area contributed by atoms with Gasteiger partial charge in [0.15, 0.2) is 0 Å². The number of ether oxygens (including phenoxy) is 1. The summed E-state index contributed by atoms with van der Waals surface area (Å²) in [6.07, 6.45) is 2.37. The molecule has 0 N–H and O–H groups in total. The van der Waals surface area contributed by atoms with E-state index < -0.39 is 0 Å². The molecular weight excluding hydrogens is 252 g/mol. The van der Waals surface area contributed by atoms with Crippen molar-refractivity contribution in [3.8, 4) is 0 Å². The predicted molar refractivity (Wildman–Crippen MR) is 51.1 cm³/mol. The molecule has 0 aromatic rings. The van der Waals surface area contributed by atoms with E-state index in [0.717, 1.165) is 16.8 Å². The fourth-order valence-electron chi connectivity index (χ4n) is 0.526. The van der Waals surface area contributed by atoms with Gasteiger partial charge in [-0.05, 0) is 0 Å². The van der Waals surface area contributed by atoms with Crippen LogP contribution in [0.4, 0.5) is 0 Å². The summed E-state index contributed by atoms with van der Waals surface area (Å²) in [4.78, 5) is 0. The first kappa shape index (κ1) is 11.5. The Labute approximate surface area is 82.9 Å². The van der Waals surface area contributed by atoms with Crippen molar-refractivity contribution in [2.24, 2.45) is 5.41 Å². The normalized spacial score (nSPS) is 11.3. The molecule has 0 atom stereocenters. The molecule has 0 aromatic heterocycles. The van der Waals surface area contributed by atoms with Crippen LogP contribution in [0.25, 0.3) is 0 Å². The Morgan fingerprint density at radius 1 is 1.36 bits per heavy atom. The van der Waals surface area contributed by atoms with Crippen molar-refractivity contribution in [1.29, 1.82) is 0 Å². The van der Waals surface area contributed by atoms with Crippen LogP contribution >= 0.6 is 0 Å². The molecule has 0 amide bonds. The molecule has 2 heteroatoms. The Hall–Kier alpha value is 0.460. The Kier molecular flexibility index (Phi) is 5.38. The molecule has 1 nitrogen and oxygen atoms in total. The van der Waals surface area contributed by atoms with Gasteiger partial charge in [0.25, 0.3) is 0 Å². The molecule has 0 heterocycles. The summed E-state index contributed by atoms with van der Waals surface area (Å²) in [6.45, 7) is 9.59. The monoisotopic (exact) mass is 272 g/mol. The van der Waals surface area contributed by atoms with Gasteiger partial charge in [-0.25, -0.2) is 0 Å². The fraction of sp³-hybridized carbons (Fsp3) is 0.889. The van der Waals surface area contributed by atoms with Crippen molar-refractivity contribution in [2.45, 2.75) is 40.5 Å². The summed E-state index contributed by atoms with van der Waals surface area (Å²) in [6, 6.07) is 0. The maximum absolute atomic E-state index is 5.57. The quantitative estimate of drug-likeness (QED) is 0.561. The van der Waals surface area contributed by atoms with E-state index in [-0.39, 0.29) is 5.41 Å². The van der Waals surface area contributed by atoms with Crippen LogP contribution in [0.15, 0.2) is 0 Å². The molecule has 0 bridgehead atoms. The van der Waals surface area contributed by atoms with Crippen molar-refractivity contribution in [3.05, 3.63) is 0 Å². The zero-order chi connectivity index (χ0) is 8.91. The molecule has 0 unspecified atom stereocenters. The Morgan fingerprint density at radius 2 is 1.91 bits per heavy atom. The molecule has 0 spiro atoms. The predicted octanol–water partition coefficient (Wildman–Crippen LogP) is 2.15. The second-order valence-corrected chi connectivity index (χ2v) is 4.80. The summed E-state index contributed by atoms with van der Waals surface area (Å²) in [7, 11) is 0. The molecule has 66 valence electrons. The number of unbranched alkanes of at least 4 members (excludes halogenated alkanes) is 1. The van der Waals surface area contributed by atoms with Crippen LogP contribution in [0.3, 0.4) is 0 Å².